The van der Waals surface area contributed by atoms with Crippen LogP contribution in [0, 0.1) is 0 Å². The van der Waals surface area contributed by atoms with Crippen LogP contribution in [0.1, 0.15) is 34.8 Å². The molecule has 6 heteroatoms. The first kappa shape index (κ1) is 16.5. The number of anilines is 1. The number of aliphatic hydroxyl groups is 1. The molecule has 0 aromatic heterocycles. The van der Waals surface area contributed by atoms with Gasteiger partial charge in [-0.25, -0.2) is 0 Å². The smallest absolute Gasteiger partial charge is 0.385 e. The minimum atomic E-state index is -4.43. The highest BCUT2D eigenvalue weighted by Crippen LogP contribution is 2.38. The monoisotopic (exact) mass is 335 g/mol. The Balaban J connectivity index is 1.94. The second-order valence-electron chi connectivity index (χ2n) is 6.07. The Bertz CT molecular complexity index is 767. The van der Waals surface area contributed by atoms with E-state index in [2.05, 4.69) is 0 Å². The van der Waals surface area contributed by atoms with Gasteiger partial charge in [-0.05, 0) is 43.7 Å². The minimum Gasteiger partial charge on any atom is -0.385 e. The first-order valence-corrected chi connectivity index (χ1v) is 7.51. The molecule has 0 aliphatic carbocycles. The molecule has 0 radical (unpaired) electrons. The Hall–Kier alpha value is -2.34. The molecule has 0 bridgehead atoms. The first-order valence-electron chi connectivity index (χ1n) is 7.51. The van der Waals surface area contributed by atoms with Gasteiger partial charge in [-0.2, -0.15) is 13.2 Å². The van der Waals surface area contributed by atoms with Crippen molar-refractivity contribution in [3.05, 3.63) is 65.2 Å². The van der Waals surface area contributed by atoms with Gasteiger partial charge < -0.3 is 10.0 Å². The number of halogens is 3. The average molecular weight is 335 g/mol. The third-order valence-corrected chi connectivity index (χ3v) is 4.30. The van der Waals surface area contributed by atoms with Crippen molar-refractivity contribution in [3.63, 3.8) is 0 Å². The maximum atomic E-state index is 12.7. The van der Waals surface area contributed by atoms with Crippen LogP contribution < -0.4 is 4.90 Å². The second-order valence-corrected chi connectivity index (χ2v) is 6.07. The van der Waals surface area contributed by atoms with Gasteiger partial charge in [0.05, 0.1) is 16.9 Å². The molecule has 0 saturated carbocycles. The second kappa shape index (κ2) is 5.63. The van der Waals surface area contributed by atoms with E-state index in [0.717, 1.165) is 12.1 Å². The van der Waals surface area contributed by atoms with Crippen molar-refractivity contribution in [2.24, 2.45) is 0 Å². The summed E-state index contributed by atoms with van der Waals surface area (Å²) in [5.74, 6) is -0.383. The molecular weight excluding hydrogens is 319 g/mol. The molecule has 3 rings (SSSR count). The van der Waals surface area contributed by atoms with E-state index in [0.29, 0.717) is 24.2 Å². The van der Waals surface area contributed by atoms with Gasteiger partial charge >= 0.3 is 6.18 Å². The number of fused-ring (bicyclic) bond motifs is 1. The number of carbonyl (C=O) groups excluding carboxylic acids is 1. The summed E-state index contributed by atoms with van der Waals surface area (Å²) in [6.07, 6.45) is -4.08. The summed E-state index contributed by atoms with van der Waals surface area (Å²) >= 11 is 0. The molecule has 126 valence electrons. The number of para-hydroxylation sites is 1. The van der Waals surface area contributed by atoms with Crippen LogP contribution in [0.2, 0.25) is 0 Å². The molecule has 1 aliphatic heterocycles. The predicted molar refractivity (Wildman–Crippen MR) is 83.8 cm³/mol. The summed E-state index contributed by atoms with van der Waals surface area (Å²) in [4.78, 5) is 14.2. The molecule has 2 aromatic carbocycles. The van der Waals surface area contributed by atoms with Gasteiger partial charge in [0.15, 0.2) is 0 Å². The Morgan fingerprint density at radius 1 is 1.12 bits per heavy atom. The van der Waals surface area contributed by atoms with E-state index in [-0.39, 0.29) is 11.5 Å². The van der Waals surface area contributed by atoms with Crippen molar-refractivity contribution in [1.82, 2.24) is 0 Å². The molecule has 1 unspecified atom stereocenters. The highest BCUT2D eigenvalue weighted by atomic mass is 19.4. The number of hydrogen-bond acceptors (Lipinski definition) is 2. The van der Waals surface area contributed by atoms with Gasteiger partial charge in [-0.15, -0.1) is 0 Å². The molecule has 1 N–H and O–H groups in total. The van der Waals surface area contributed by atoms with Crippen LogP contribution in [0.3, 0.4) is 0 Å². The van der Waals surface area contributed by atoms with E-state index in [4.69, 9.17) is 0 Å². The Morgan fingerprint density at radius 2 is 1.75 bits per heavy atom. The molecule has 1 atom stereocenters. The number of hydrogen-bond donors (Lipinski definition) is 1. The van der Waals surface area contributed by atoms with Gasteiger partial charge in [-0.1, -0.05) is 18.2 Å². The van der Waals surface area contributed by atoms with Crippen molar-refractivity contribution >= 4 is 11.6 Å². The van der Waals surface area contributed by atoms with Gasteiger partial charge in [0, 0.05) is 17.7 Å². The molecule has 1 aliphatic rings. The Morgan fingerprint density at radius 3 is 2.38 bits per heavy atom. The summed E-state index contributed by atoms with van der Waals surface area (Å²) in [5, 5.41) is 10.5. The zero-order chi connectivity index (χ0) is 17.5. The largest absolute Gasteiger partial charge is 0.416 e. The fourth-order valence-corrected chi connectivity index (χ4v) is 2.92. The predicted octanol–water partition coefficient (Wildman–Crippen LogP) is 3.96. The summed E-state index contributed by atoms with van der Waals surface area (Å²) < 4.78 is 37.9. The number of benzene rings is 2. The standard InChI is InChI=1S/C18H16F3NO2/c1-17(24)10-11-22(15-5-3-2-4-14(15)17)16(23)12-6-8-13(9-7-12)18(19,20)21/h2-9,24H,10-11H2,1H3. The molecular formula is C18H16F3NO2. The molecule has 1 heterocycles. The molecule has 1 amide bonds. The van der Waals surface area contributed by atoms with Crippen molar-refractivity contribution in [2.45, 2.75) is 25.1 Å². The van der Waals surface area contributed by atoms with E-state index in [1.165, 1.54) is 17.0 Å². The lowest BCUT2D eigenvalue weighted by molar-refractivity contribution is -0.137. The maximum absolute atomic E-state index is 12.7. The third-order valence-electron chi connectivity index (χ3n) is 4.30. The van der Waals surface area contributed by atoms with Crippen LogP contribution in [0.15, 0.2) is 48.5 Å². The fraction of sp³-hybridized carbons (Fsp3) is 0.278. The first-order chi connectivity index (χ1) is 11.2. The van der Waals surface area contributed by atoms with Gasteiger partial charge in [0.25, 0.3) is 5.91 Å². The highest BCUT2D eigenvalue weighted by Gasteiger charge is 2.36. The number of nitrogens with zero attached hydrogens (tertiary/aromatic N) is 1. The van der Waals surface area contributed by atoms with E-state index in [1.54, 1.807) is 31.2 Å². The normalized spacial score (nSPS) is 20.6. The lowest BCUT2D eigenvalue weighted by Crippen LogP contribution is -2.42. The van der Waals surface area contributed by atoms with Crippen molar-refractivity contribution in [1.29, 1.82) is 0 Å². The van der Waals surface area contributed by atoms with Crippen LogP contribution in [-0.4, -0.2) is 17.6 Å². The molecule has 2 aromatic rings. The maximum Gasteiger partial charge on any atom is 0.416 e. The van der Waals surface area contributed by atoms with Crippen LogP contribution in [0.4, 0.5) is 18.9 Å². The summed E-state index contributed by atoms with van der Waals surface area (Å²) in [6.45, 7) is 1.98. The van der Waals surface area contributed by atoms with Crippen LogP contribution in [-0.2, 0) is 11.8 Å². The van der Waals surface area contributed by atoms with Crippen molar-refractivity contribution in [2.75, 3.05) is 11.4 Å². The summed E-state index contributed by atoms with van der Waals surface area (Å²) in [6, 6.07) is 11.2. The SMILES string of the molecule is CC1(O)CCN(C(=O)c2ccc(C(F)(F)F)cc2)c2ccccc21. The number of rotatable bonds is 1. The van der Waals surface area contributed by atoms with E-state index >= 15 is 0 Å². The average Bonchev–Trinajstić information content (AvgIpc) is 2.54. The summed E-state index contributed by atoms with van der Waals surface area (Å²) in [7, 11) is 0. The lowest BCUT2D eigenvalue weighted by atomic mass is 9.87. The molecule has 0 fully saturated rings. The van der Waals surface area contributed by atoms with E-state index in [1.807, 2.05) is 0 Å². The zero-order valence-electron chi connectivity index (χ0n) is 13.0. The molecule has 3 nitrogen and oxygen atoms in total. The lowest BCUT2D eigenvalue weighted by Gasteiger charge is -2.38. The molecule has 0 spiro atoms. The van der Waals surface area contributed by atoms with E-state index < -0.39 is 17.3 Å². The number of amides is 1. The van der Waals surface area contributed by atoms with Crippen molar-refractivity contribution in [3.8, 4) is 0 Å². The Kier molecular flexibility index (Phi) is 3.87. The van der Waals surface area contributed by atoms with E-state index in [9.17, 15) is 23.1 Å². The third kappa shape index (κ3) is 2.89. The summed E-state index contributed by atoms with van der Waals surface area (Å²) in [5.41, 5.74) is -0.427. The van der Waals surface area contributed by atoms with Crippen LogP contribution in [0.25, 0.3) is 0 Å². The minimum absolute atomic E-state index is 0.180. The van der Waals surface area contributed by atoms with Crippen LogP contribution >= 0.6 is 0 Å². The van der Waals surface area contributed by atoms with Crippen LogP contribution in [0.5, 0.6) is 0 Å². The zero-order valence-corrected chi connectivity index (χ0v) is 13.0. The fourth-order valence-electron chi connectivity index (χ4n) is 2.92. The van der Waals surface area contributed by atoms with Gasteiger partial charge in [0.2, 0.25) is 0 Å². The van der Waals surface area contributed by atoms with Crippen molar-refractivity contribution < 1.29 is 23.1 Å². The molecule has 24 heavy (non-hydrogen) atoms. The Labute approximate surface area is 137 Å². The van der Waals surface area contributed by atoms with Gasteiger partial charge in [0.1, 0.15) is 0 Å². The van der Waals surface area contributed by atoms with Gasteiger partial charge in [-0.3, -0.25) is 4.79 Å². The quantitative estimate of drug-likeness (QED) is 0.857. The molecule has 0 saturated heterocycles. The topological polar surface area (TPSA) is 40.5 Å². The highest BCUT2D eigenvalue weighted by molar-refractivity contribution is 6.06. The number of alkyl halides is 3. The number of carbonyl (C=O) groups is 1.